The molecule has 0 spiro atoms. The maximum atomic E-state index is 2.44. The van der Waals surface area contributed by atoms with Gasteiger partial charge in [-0.3, -0.25) is 0 Å². The lowest BCUT2D eigenvalue weighted by atomic mass is 9.71. The van der Waals surface area contributed by atoms with Gasteiger partial charge in [0.1, 0.15) is 0 Å². The molecule has 0 heteroatoms. The SMILES string of the molecule is C.CC.CCC1(C)CCC(C)CC1. The van der Waals surface area contributed by atoms with Crippen LogP contribution in [0, 0.1) is 11.3 Å². The van der Waals surface area contributed by atoms with Crippen molar-refractivity contribution in [2.75, 3.05) is 0 Å². The molecule has 1 saturated carbocycles. The molecular weight excluding hydrogens is 156 g/mol. The van der Waals surface area contributed by atoms with Crippen LogP contribution >= 0.6 is 0 Å². The smallest absolute Gasteiger partial charge is 0.0328 e. The minimum absolute atomic E-state index is 0. The third-order valence-corrected chi connectivity index (χ3v) is 3.33. The lowest BCUT2D eigenvalue weighted by Gasteiger charge is -2.35. The molecule has 0 aromatic carbocycles. The van der Waals surface area contributed by atoms with Gasteiger partial charge in [0.25, 0.3) is 0 Å². The normalized spacial score (nSPS) is 32.5. The Morgan fingerprint density at radius 3 is 1.85 bits per heavy atom. The van der Waals surface area contributed by atoms with Crippen LogP contribution in [0.1, 0.15) is 74.1 Å². The lowest BCUT2D eigenvalue weighted by molar-refractivity contribution is 0.172. The minimum Gasteiger partial charge on any atom is -0.0776 e. The zero-order valence-corrected chi connectivity index (χ0v) is 9.61. The molecule has 0 N–H and O–H groups in total. The van der Waals surface area contributed by atoms with E-state index < -0.39 is 0 Å². The van der Waals surface area contributed by atoms with Crippen molar-refractivity contribution in [1.82, 2.24) is 0 Å². The van der Waals surface area contributed by atoms with Crippen molar-refractivity contribution in [2.45, 2.75) is 74.1 Å². The van der Waals surface area contributed by atoms with Gasteiger partial charge in [0.15, 0.2) is 0 Å². The highest BCUT2D eigenvalue weighted by Gasteiger charge is 2.27. The number of hydrogen-bond donors (Lipinski definition) is 0. The summed E-state index contributed by atoms with van der Waals surface area (Å²) in [6, 6.07) is 0. The standard InChI is InChI=1S/C10H20.C2H6.CH4/c1-4-10(3)7-5-9(2)6-8-10;1-2;/h9H,4-8H2,1-3H3;1-2H3;1H4. The molecule has 1 aliphatic rings. The molecule has 0 atom stereocenters. The van der Waals surface area contributed by atoms with Crippen LogP contribution in [0.4, 0.5) is 0 Å². The Kier molecular flexibility index (Phi) is 8.82. The number of hydrogen-bond acceptors (Lipinski definition) is 0. The molecule has 0 saturated heterocycles. The fraction of sp³-hybridized carbons (Fsp3) is 1.00. The summed E-state index contributed by atoms with van der Waals surface area (Å²) in [5.74, 6) is 1.000. The maximum Gasteiger partial charge on any atom is -0.0328 e. The van der Waals surface area contributed by atoms with E-state index in [-0.39, 0.29) is 7.43 Å². The summed E-state index contributed by atoms with van der Waals surface area (Å²) in [6.45, 7) is 11.2. The second kappa shape index (κ2) is 7.41. The summed E-state index contributed by atoms with van der Waals surface area (Å²) >= 11 is 0. The van der Waals surface area contributed by atoms with Gasteiger partial charge < -0.3 is 0 Å². The van der Waals surface area contributed by atoms with Crippen LogP contribution in [0.3, 0.4) is 0 Å². The molecule has 82 valence electrons. The van der Waals surface area contributed by atoms with E-state index in [4.69, 9.17) is 0 Å². The van der Waals surface area contributed by atoms with Crippen LogP contribution < -0.4 is 0 Å². The molecule has 1 fully saturated rings. The third kappa shape index (κ3) is 5.33. The largest absolute Gasteiger partial charge is 0.0776 e. The Labute approximate surface area is 86.1 Å². The molecule has 13 heavy (non-hydrogen) atoms. The van der Waals surface area contributed by atoms with E-state index in [1.165, 1.54) is 32.1 Å². The van der Waals surface area contributed by atoms with Crippen LogP contribution in [0.5, 0.6) is 0 Å². The van der Waals surface area contributed by atoms with Crippen LogP contribution in [0.2, 0.25) is 0 Å². The van der Waals surface area contributed by atoms with Crippen molar-refractivity contribution in [1.29, 1.82) is 0 Å². The van der Waals surface area contributed by atoms with E-state index in [9.17, 15) is 0 Å². The van der Waals surface area contributed by atoms with Gasteiger partial charge in [0.2, 0.25) is 0 Å². The van der Waals surface area contributed by atoms with Crippen molar-refractivity contribution >= 4 is 0 Å². The quantitative estimate of drug-likeness (QED) is 0.523. The van der Waals surface area contributed by atoms with Crippen molar-refractivity contribution in [3.63, 3.8) is 0 Å². The molecule has 0 radical (unpaired) electrons. The highest BCUT2D eigenvalue weighted by molar-refractivity contribution is 4.79. The summed E-state index contributed by atoms with van der Waals surface area (Å²) in [7, 11) is 0. The minimum atomic E-state index is 0. The Morgan fingerprint density at radius 2 is 1.54 bits per heavy atom. The fourth-order valence-electron chi connectivity index (χ4n) is 1.81. The van der Waals surface area contributed by atoms with Gasteiger partial charge in [0.05, 0.1) is 0 Å². The van der Waals surface area contributed by atoms with Crippen LogP contribution in [0.25, 0.3) is 0 Å². The summed E-state index contributed by atoms with van der Waals surface area (Å²) in [5, 5.41) is 0. The van der Waals surface area contributed by atoms with Gasteiger partial charge in [-0.2, -0.15) is 0 Å². The molecule has 0 heterocycles. The molecular formula is C13H30. The van der Waals surface area contributed by atoms with Crippen molar-refractivity contribution in [2.24, 2.45) is 11.3 Å². The molecule has 0 aliphatic heterocycles. The second-order valence-corrected chi connectivity index (χ2v) is 4.35. The average Bonchev–Trinajstić information content (AvgIpc) is 2.14. The summed E-state index contributed by atoms with van der Waals surface area (Å²) < 4.78 is 0. The predicted molar refractivity (Wildman–Crippen MR) is 64.1 cm³/mol. The van der Waals surface area contributed by atoms with Crippen molar-refractivity contribution < 1.29 is 0 Å². The Bertz CT molecular complexity index is 96.6. The predicted octanol–water partition coefficient (Wildman–Crippen LogP) is 5.28. The van der Waals surface area contributed by atoms with Gasteiger partial charge in [-0.15, -0.1) is 0 Å². The highest BCUT2D eigenvalue weighted by atomic mass is 14.3. The van der Waals surface area contributed by atoms with Crippen molar-refractivity contribution in [3.8, 4) is 0 Å². The summed E-state index contributed by atoms with van der Waals surface area (Å²) in [4.78, 5) is 0. The van der Waals surface area contributed by atoms with Crippen molar-refractivity contribution in [3.05, 3.63) is 0 Å². The first-order chi connectivity index (χ1) is 5.66. The van der Waals surface area contributed by atoms with E-state index >= 15 is 0 Å². The first-order valence-corrected chi connectivity index (χ1v) is 5.66. The number of rotatable bonds is 1. The van der Waals surface area contributed by atoms with E-state index in [0.717, 1.165) is 5.92 Å². The van der Waals surface area contributed by atoms with E-state index in [0.29, 0.717) is 5.41 Å². The monoisotopic (exact) mass is 186 g/mol. The van der Waals surface area contributed by atoms with Gasteiger partial charge in [-0.25, -0.2) is 0 Å². The summed E-state index contributed by atoms with van der Waals surface area (Å²) in [6.07, 6.45) is 7.23. The van der Waals surface area contributed by atoms with E-state index in [2.05, 4.69) is 20.8 Å². The molecule has 0 unspecified atom stereocenters. The first-order valence-electron chi connectivity index (χ1n) is 5.66. The van der Waals surface area contributed by atoms with Crippen LogP contribution in [-0.4, -0.2) is 0 Å². The molecule has 0 nitrogen and oxygen atoms in total. The van der Waals surface area contributed by atoms with Gasteiger partial charge in [-0.05, 0) is 24.2 Å². The first kappa shape index (κ1) is 15.5. The van der Waals surface area contributed by atoms with Crippen LogP contribution in [0.15, 0.2) is 0 Å². The fourth-order valence-corrected chi connectivity index (χ4v) is 1.81. The topological polar surface area (TPSA) is 0 Å². The molecule has 0 bridgehead atoms. The average molecular weight is 186 g/mol. The highest BCUT2D eigenvalue weighted by Crippen LogP contribution is 2.40. The Hall–Kier alpha value is 0. The summed E-state index contributed by atoms with van der Waals surface area (Å²) in [5.41, 5.74) is 0.701. The Morgan fingerprint density at radius 1 is 1.15 bits per heavy atom. The molecule has 0 aromatic rings. The molecule has 0 amide bonds. The Balaban J connectivity index is 0. The van der Waals surface area contributed by atoms with Gasteiger partial charge in [0, 0.05) is 0 Å². The van der Waals surface area contributed by atoms with E-state index in [1.54, 1.807) is 0 Å². The molecule has 1 rings (SSSR count). The second-order valence-electron chi connectivity index (χ2n) is 4.35. The zero-order chi connectivity index (χ0) is 9.61. The zero-order valence-electron chi connectivity index (χ0n) is 9.61. The third-order valence-electron chi connectivity index (χ3n) is 3.33. The van der Waals surface area contributed by atoms with Gasteiger partial charge in [-0.1, -0.05) is 61.3 Å². The maximum absolute atomic E-state index is 2.44. The molecule has 1 aliphatic carbocycles. The lowest BCUT2D eigenvalue weighted by Crippen LogP contribution is -2.22. The van der Waals surface area contributed by atoms with Gasteiger partial charge >= 0.3 is 0 Å². The van der Waals surface area contributed by atoms with Crippen LogP contribution in [-0.2, 0) is 0 Å². The molecule has 0 aromatic heterocycles. The van der Waals surface area contributed by atoms with E-state index in [1.807, 2.05) is 13.8 Å².